The SMILES string of the molecule is Cc1cc(NCC(=O)N2CCOCC2)c2ccc(F)c(F)c2n1. The monoisotopic (exact) mass is 321 g/mol. The number of hydrogen-bond acceptors (Lipinski definition) is 4. The highest BCUT2D eigenvalue weighted by Crippen LogP contribution is 2.26. The van der Waals surface area contributed by atoms with Gasteiger partial charge in [-0.15, -0.1) is 0 Å². The third kappa shape index (κ3) is 3.24. The number of ether oxygens (including phenoxy) is 1. The lowest BCUT2D eigenvalue weighted by Gasteiger charge is -2.27. The van der Waals surface area contributed by atoms with Crippen LogP contribution in [0.3, 0.4) is 0 Å². The van der Waals surface area contributed by atoms with Crippen LogP contribution >= 0.6 is 0 Å². The Labute approximate surface area is 132 Å². The second kappa shape index (κ2) is 6.45. The molecule has 5 nitrogen and oxygen atoms in total. The molecule has 2 heterocycles. The van der Waals surface area contributed by atoms with E-state index in [0.29, 0.717) is 43.1 Å². The second-order valence-corrected chi connectivity index (χ2v) is 5.42. The molecule has 0 spiro atoms. The minimum atomic E-state index is -0.978. The molecule has 1 saturated heterocycles. The molecule has 23 heavy (non-hydrogen) atoms. The maximum absolute atomic E-state index is 13.9. The van der Waals surface area contributed by atoms with Crippen LogP contribution in [0.15, 0.2) is 18.2 Å². The average molecular weight is 321 g/mol. The summed E-state index contributed by atoms with van der Waals surface area (Å²) in [5.41, 5.74) is 1.07. The number of pyridine rings is 1. The van der Waals surface area contributed by atoms with E-state index >= 15 is 0 Å². The first-order valence-corrected chi connectivity index (χ1v) is 7.41. The first kappa shape index (κ1) is 15.6. The molecular formula is C16H17F2N3O2. The summed E-state index contributed by atoms with van der Waals surface area (Å²) in [6, 6.07) is 4.23. The molecule has 0 radical (unpaired) electrons. The number of hydrogen-bond donors (Lipinski definition) is 1. The fourth-order valence-corrected chi connectivity index (χ4v) is 2.60. The molecule has 122 valence electrons. The molecule has 1 amide bonds. The molecule has 2 aromatic rings. The fourth-order valence-electron chi connectivity index (χ4n) is 2.60. The van der Waals surface area contributed by atoms with Gasteiger partial charge < -0.3 is 15.0 Å². The third-order valence-electron chi connectivity index (χ3n) is 3.79. The number of nitrogens with one attached hydrogen (secondary N) is 1. The summed E-state index contributed by atoms with van der Waals surface area (Å²) >= 11 is 0. The van der Waals surface area contributed by atoms with Crippen molar-refractivity contribution in [3.8, 4) is 0 Å². The maximum atomic E-state index is 13.9. The summed E-state index contributed by atoms with van der Waals surface area (Å²) in [5, 5.41) is 3.46. The van der Waals surface area contributed by atoms with Crippen molar-refractivity contribution in [2.24, 2.45) is 0 Å². The van der Waals surface area contributed by atoms with Crippen LogP contribution in [0.2, 0.25) is 0 Å². The Morgan fingerprint density at radius 3 is 2.83 bits per heavy atom. The van der Waals surface area contributed by atoms with E-state index in [0.717, 1.165) is 6.07 Å². The van der Waals surface area contributed by atoms with Gasteiger partial charge in [0.25, 0.3) is 0 Å². The molecule has 3 rings (SSSR count). The lowest BCUT2D eigenvalue weighted by molar-refractivity contribution is -0.133. The zero-order valence-electron chi connectivity index (χ0n) is 12.7. The van der Waals surface area contributed by atoms with Crippen molar-refractivity contribution in [3.05, 3.63) is 35.5 Å². The highest BCUT2D eigenvalue weighted by atomic mass is 19.2. The van der Waals surface area contributed by atoms with Crippen LogP contribution in [-0.4, -0.2) is 48.6 Å². The van der Waals surface area contributed by atoms with Gasteiger partial charge in [-0.1, -0.05) is 0 Å². The molecule has 0 aliphatic carbocycles. The minimum absolute atomic E-state index is 0.0358. The molecule has 1 aromatic carbocycles. The number of anilines is 1. The number of benzene rings is 1. The Hall–Kier alpha value is -2.28. The Bertz CT molecular complexity index is 746. The van der Waals surface area contributed by atoms with Gasteiger partial charge in [0.1, 0.15) is 5.52 Å². The van der Waals surface area contributed by atoms with Gasteiger partial charge in [0.2, 0.25) is 5.91 Å². The van der Waals surface area contributed by atoms with Crippen molar-refractivity contribution in [1.29, 1.82) is 0 Å². The normalized spacial score (nSPS) is 15.0. The summed E-state index contributed by atoms with van der Waals surface area (Å²) < 4.78 is 32.5. The Morgan fingerprint density at radius 2 is 2.09 bits per heavy atom. The number of carbonyl (C=O) groups excluding carboxylic acids is 1. The van der Waals surface area contributed by atoms with E-state index < -0.39 is 11.6 Å². The van der Waals surface area contributed by atoms with Crippen LogP contribution in [0.25, 0.3) is 10.9 Å². The van der Waals surface area contributed by atoms with Crippen LogP contribution < -0.4 is 5.32 Å². The highest BCUT2D eigenvalue weighted by molar-refractivity contribution is 5.93. The van der Waals surface area contributed by atoms with Crippen LogP contribution in [0.5, 0.6) is 0 Å². The third-order valence-corrected chi connectivity index (χ3v) is 3.79. The Balaban J connectivity index is 1.82. The molecule has 7 heteroatoms. The van der Waals surface area contributed by atoms with Crippen molar-refractivity contribution >= 4 is 22.5 Å². The summed E-state index contributed by atoms with van der Waals surface area (Å²) in [6.07, 6.45) is 0. The smallest absolute Gasteiger partial charge is 0.242 e. The Kier molecular flexibility index (Phi) is 4.38. The summed E-state index contributed by atoms with van der Waals surface area (Å²) in [6.45, 7) is 3.98. The number of carbonyl (C=O) groups is 1. The second-order valence-electron chi connectivity index (χ2n) is 5.42. The molecule has 0 unspecified atom stereocenters. The van der Waals surface area contributed by atoms with E-state index in [1.807, 2.05) is 0 Å². The van der Waals surface area contributed by atoms with Crippen LogP contribution in [-0.2, 0) is 9.53 Å². The average Bonchev–Trinajstić information content (AvgIpc) is 2.57. The van der Waals surface area contributed by atoms with E-state index in [4.69, 9.17) is 4.74 Å². The zero-order valence-corrected chi connectivity index (χ0v) is 12.7. The van der Waals surface area contributed by atoms with Crippen LogP contribution in [0, 0.1) is 18.6 Å². The quantitative estimate of drug-likeness (QED) is 0.940. The van der Waals surface area contributed by atoms with E-state index in [-0.39, 0.29) is 18.0 Å². The predicted molar refractivity (Wildman–Crippen MR) is 82.3 cm³/mol. The molecule has 0 bridgehead atoms. The highest BCUT2D eigenvalue weighted by Gasteiger charge is 2.17. The summed E-state index contributed by atoms with van der Waals surface area (Å²) in [5.74, 6) is -1.97. The number of nitrogens with zero attached hydrogens (tertiary/aromatic N) is 2. The van der Waals surface area contributed by atoms with E-state index in [1.165, 1.54) is 6.07 Å². The van der Waals surface area contributed by atoms with Gasteiger partial charge in [-0.25, -0.2) is 13.8 Å². The first-order valence-electron chi connectivity index (χ1n) is 7.41. The molecule has 1 N–H and O–H groups in total. The number of aryl methyl sites for hydroxylation is 1. The summed E-state index contributed by atoms with van der Waals surface area (Å²) in [4.78, 5) is 17.9. The topological polar surface area (TPSA) is 54.5 Å². The fraction of sp³-hybridized carbons (Fsp3) is 0.375. The van der Waals surface area contributed by atoms with Crippen molar-refractivity contribution in [3.63, 3.8) is 0 Å². The van der Waals surface area contributed by atoms with Gasteiger partial charge in [-0.05, 0) is 25.1 Å². The number of rotatable bonds is 3. The molecule has 1 aliphatic rings. The van der Waals surface area contributed by atoms with Gasteiger partial charge >= 0.3 is 0 Å². The van der Waals surface area contributed by atoms with E-state index in [1.54, 1.807) is 17.9 Å². The van der Waals surface area contributed by atoms with Gasteiger partial charge in [0.15, 0.2) is 11.6 Å². The van der Waals surface area contributed by atoms with Gasteiger partial charge in [-0.2, -0.15) is 0 Å². The first-order chi connectivity index (χ1) is 11.1. The van der Waals surface area contributed by atoms with E-state index in [2.05, 4.69) is 10.3 Å². The maximum Gasteiger partial charge on any atom is 0.242 e. The van der Waals surface area contributed by atoms with Gasteiger partial charge in [0.05, 0.1) is 19.8 Å². The van der Waals surface area contributed by atoms with Gasteiger partial charge in [0, 0.05) is 29.9 Å². The lowest BCUT2D eigenvalue weighted by Crippen LogP contribution is -2.43. The number of amides is 1. The van der Waals surface area contributed by atoms with Crippen molar-refractivity contribution in [1.82, 2.24) is 9.88 Å². The van der Waals surface area contributed by atoms with E-state index in [9.17, 15) is 13.6 Å². The number of halogens is 2. The number of aromatic nitrogens is 1. The Morgan fingerprint density at radius 1 is 1.35 bits per heavy atom. The lowest BCUT2D eigenvalue weighted by atomic mass is 10.1. The minimum Gasteiger partial charge on any atom is -0.378 e. The molecule has 1 aliphatic heterocycles. The van der Waals surface area contributed by atoms with Gasteiger partial charge in [-0.3, -0.25) is 4.79 Å². The molecule has 1 fully saturated rings. The summed E-state index contributed by atoms with van der Waals surface area (Å²) in [7, 11) is 0. The molecule has 1 aromatic heterocycles. The van der Waals surface area contributed by atoms with Crippen molar-refractivity contribution < 1.29 is 18.3 Å². The number of morpholine rings is 1. The van der Waals surface area contributed by atoms with Crippen molar-refractivity contribution in [2.75, 3.05) is 38.2 Å². The zero-order chi connectivity index (χ0) is 16.4. The number of fused-ring (bicyclic) bond motifs is 1. The molecule has 0 saturated carbocycles. The standard InChI is InChI=1S/C16H17F2N3O2/c1-10-8-13(11-2-3-12(17)15(18)16(11)20-10)19-9-14(22)21-4-6-23-7-5-21/h2-3,8H,4-7,9H2,1H3,(H,19,20). The largest absolute Gasteiger partial charge is 0.378 e. The molecular weight excluding hydrogens is 304 g/mol. The molecule has 0 atom stereocenters. The predicted octanol–water partition coefficient (Wildman–Crippen LogP) is 2.09. The van der Waals surface area contributed by atoms with Crippen LogP contribution in [0.1, 0.15) is 5.69 Å². The van der Waals surface area contributed by atoms with Crippen molar-refractivity contribution in [2.45, 2.75) is 6.92 Å². The van der Waals surface area contributed by atoms with Crippen LogP contribution in [0.4, 0.5) is 14.5 Å².